The monoisotopic (exact) mass is 376 g/mol. The van der Waals surface area contributed by atoms with Crippen molar-refractivity contribution in [3.63, 3.8) is 0 Å². The van der Waals surface area contributed by atoms with Crippen LogP contribution in [0.1, 0.15) is 21.9 Å². The molecule has 0 fully saturated rings. The Morgan fingerprint density at radius 2 is 1.89 bits per heavy atom. The highest BCUT2D eigenvalue weighted by atomic mass is 16.5. The summed E-state index contributed by atoms with van der Waals surface area (Å²) in [6, 6.07) is 15.7. The Morgan fingerprint density at radius 1 is 1.11 bits per heavy atom. The van der Waals surface area contributed by atoms with Gasteiger partial charge >= 0.3 is 5.97 Å². The van der Waals surface area contributed by atoms with E-state index in [1.54, 1.807) is 25.1 Å². The van der Waals surface area contributed by atoms with Gasteiger partial charge in [0.1, 0.15) is 30.0 Å². The number of furan rings is 1. The highest BCUT2D eigenvalue weighted by molar-refractivity contribution is 5.84. The number of rotatable bonds is 5. The van der Waals surface area contributed by atoms with E-state index in [0.29, 0.717) is 33.6 Å². The van der Waals surface area contributed by atoms with Gasteiger partial charge in [0.2, 0.25) is 5.76 Å². The lowest BCUT2D eigenvalue weighted by Crippen LogP contribution is -2.05. The molecular formula is C22H16O6. The molecule has 0 bridgehead atoms. The van der Waals surface area contributed by atoms with Crippen molar-refractivity contribution in [2.75, 3.05) is 0 Å². The molecule has 6 heteroatoms. The maximum absolute atomic E-state index is 12.8. The number of carbonyl (C=O) groups is 1. The molecule has 2 heterocycles. The Morgan fingerprint density at radius 3 is 2.61 bits per heavy atom. The summed E-state index contributed by atoms with van der Waals surface area (Å²) < 4.78 is 16.5. The van der Waals surface area contributed by atoms with Gasteiger partial charge in [-0.15, -0.1) is 0 Å². The highest BCUT2D eigenvalue weighted by Crippen LogP contribution is 2.24. The Kier molecular flexibility index (Phi) is 4.45. The number of carboxylic acids is 1. The summed E-state index contributed by atoms with van der Waals surface area (Å²) in [6.07, 6.45) is 1.45. The summed E-state index contributed by atoms with van der Waals surface area (Å²) in [5.74, 6) is -0.275. The lowest BCUT2D eigenvalue weighted by Gasteiger charge is -2.07. The summed E-state index contributed by atoms with van der Waals surface area (Å²) in [5.41, 5.74) is 2.23. The van der Waals surface area contributed by atoms with Crippen molar-refractivity contribution < 1.29 is 23.5 Å². The van der Waals surface area contributed by atoms with E-state index in [4.69, 9.17) is 18.7 Å². The van der Waals surface area contributed by atoms with Crippen molar-refractivity contribution in [2.45, 2.75) is 13.5 Å². The number of benzene rings is 2. The second kappa shape index (κ2) is 7.08. The highest BCUT2D eigenvalue weighted by Gasteiger charge is 2.14. The van der Waals surface area contributed by atoms with Crippen molar-refractivity contribution in [1.29, 1.82) is 0 Å². The first-order valence-electron chi connectivity index (χ1n) is 8.59. The number of aromatic carboxylic acids is 1. The van der Waals surface area contributed by atoms with Gasteiger partial charge < -0.3 is 18.7 Å². The van der Waals surface area contributed by atoms with Crippen LogP contribution in [0.2, 0.25) is 0 Å². The molecule has 2 aromatic carbocycles. The van der Waals surface area contributed by atoms with Crippen molar-refractivity contribution in [3.8, 4) is 16.9 Å². The zero-order valence-electron chi connectivity index (χ0n) is 15.0. The van der Waals surface area contributed by atoms with Crippen LogP contribution in [0, 0.1) is 6.92 Å². The van der Waals surface area contributed by atoms with Gasteiger partial charge in [0, 0.05) is 11.6 Å². The van der Waals surface area contributed by atoms with E-state index in [9.17, 15) is 9.59 Å². The minimum atomic E-state index is -1.13. The van der Waals surface area contributed by atoms with E-state index >= 15 is 0 Å². The van der Waals surface area contributed by atoms with Gasteiger partial charge in [-0.2, -0.15) is 0 Å². The summed E-state index contributed by atoms with van der Waals surface area (Å²) in [6.45, 7) is 1.82. The van der Waals surface area contributed by atoms with Gasteiger partial charge in [0.25, 0.3) is 0 Å². The van der Waals surface area contributed by atoms with Crippen LogP contribution in [0.3, 0.4) is 0 Å². The molecule has 2 aromatic heterocycles. The smallest absolute Gasteiger partial charge is 0.371 e. The number of carboxylic acid groups (broad SMARTS) is 1. The van der Waals surface area contributed by atoms with E-state index in [1.165, 1.54) is 12.3 Å². The van der Waals surface area contributed by atoms with E-state index in [2.05, 4.69) is 0 Å². The van der Waals surface area contributed by atoms with Gasteiger partial charge in [-0.25, -0.2) is 4.79 Å². The third-order valence-corrected chi connectivity index (χ3v) is 4.46. The average Bonchev–Trinajstić information content (AvgIpc) is 3.08. The fraction of sp³-hybridized carbons (Fsp3) is 0.0909. The average molecular weight is 376 g/mol. The second-order valence-corrected chi connectivity index (χ2v) is 6.29. The minimum Gasteiger partial charge on any atom is -0.489 e. The predicted octanol–water partition coefficient (Wildman–Crippen LogP) is 4.64. The number of ether oxygens (including phenoxy) is 1. The first-order valence-corrected chi connectivity index (χ1v) is 8.59. The molecule has 28 heavy (non-hydrogen) atoms. The van der Waals surface area contributed by atoms with Crippen LogP contribution < -0.4 is 10.2 Å². The summed E-state index contributed by atoms with van der Waals surface area (Å²) in [7, 11) is 0. The first kappa shape index (κ1) is 17.6. The Balaban J connectivity index is 1.60. The van der Waals surface area contributed by atoms with Gasteiger partial charge in [-0.1, -0.05) is 30.3 Å². The van der Waals surface area contributed by atoms with E-state index in [1.807, 2.05) is 30.3 Å². The summed E-state index contributed by atoms with van der Waals surface area (Å²) in [5, 5.41) is 9.44. The standard InChI is InChI=1S/C22H16O6/c1-13-15(9-20(28-13)22(24)25)11-26-16-7-8-17-19(10-16)27-12-18(21(17)23)14-5-3-2-4-6-14/h2-10,12H,11H2,1H3,(H,24,25). The van der Waals surface area contributed by atoms with Crippen LogP contribution in [-0.2, 0) is 6.61 Å². The minimum absolute atomic E-state index is 0.115. The molecule has 0 radical (unpaired) electrons. The molecule has 0 amide bonds. The molecule has 6 nitrogen and oxygen atoms in total. The van der Waals surface area contributed by atoms with Crippen molar-refractivity contribution in [1.82, 2.24) is 0 Å². The zero-order chi connectivity index (χ0) is 19.7. The molecule has 0 unspecified atom stereocenters. The summed E-state index contributed by atoms with van der Waals surface area (Å²) >= 11 is 0. The summed E-state index contributed by atoms with van der Waals surface area (Å²) in [4.78, 5) is 23.7. The van der Waals surface area contributed by atoms with Gasteiger partial charge in [-0.05, 0) is 30.7 Å². The van der Waals surface area contributed by atoms with E-state index in [0.717, 1.165) is 5.56 Å². The molecule has 0 aliphatic carbocycles. The first-order chi connectivity index (χ1) is 13.5. The number of hydrogen-bond donors (Lipinski definition) is 1. The SMILES string of the molecule is Cc1oc(C(=O)O)cc1COc1ccc2c(=O)c(-c3ccccc3)coc2c1. The molecule has 1 N–H and O–H groups in total. The van der Waals surface area contributed by atoms with Gasteiger partial charge in [0.05, 0.1) is 10.9 Å². The molecule has 4 rings (SSSR count). The maximum Gasteiger partial charge on any atom is 0.371 e. The number of hydrogen-bond acceptors (Lipinski definition) is 5. The van der Waals surface area contributed by atoms with Crippen LogP contribution in [0.25, 0.3) is 22.1 Å². The zero-order valence-corrected chi connectivity index (χ0v) is 15.0. The van der Waals surface area contributed by atoms with Gasteiger partial charge in [-0.3, -0.25) is 4.79 Å². The fourth-order valence-corrected chi connectivity index (χ4v) is 2.94. The van der Waals surface area contributed by atoms with Crippen LogP contribution in [-0.4, -0.2) is 11.1 Å². The molecule has 0 saturated heterocycles. The third kappa shape index (κ3) is 3.27. The second-order valence-electron chi connectivity index (χ2n) is 6.29. The molecule has 4 aromatic rings. The lowest BCUT2D eigenvalue weighted by atomic mass is 10.1. The molecule has 0 aliphatic heterocycles. The predicted molar refractivity (Wildman–Crippen MR) is 103 cm³/mol. The van der Waals surface area contributed by atoms with Crippen molar-refractivity contribution >= 4 is 16.9 Å². The Labute approximate surface area is 159 Å². The fourth-order valence-electron chi connectivity index (χ4n) is 2.94. The Bertz CT molecular complexity index is 1220. The van der Waals surface area contributed by atoms with Crippen LogP contribution in [0.15, 0.2) is 74.5 Å². The van der Waals surface area contributed by atoms with Crippen LogP contribution >= 0.6 is 0 Å². The van der Waals surface area contributed by atoms with E-state index < -0.39 is 5.97 Å². The molecule has 0 atom stereocenters. The lowest BCUT2D eigenvalue weighted by molar-refractivity contribution is 0.0661. The maximum atomic E-state index is 12.8. The largest absolute Gasteiger partial charge is 0.489 e. The van der Waals surface area contributed by atoms with Gasteiger partial charge in [0.15, 0.2) is 5.43 Å². The molecule has 0 aliphatic rings. The van der Waals surface area contributed by atoms with E-state index in [-0.39, 0.29) is 17.8 Å². The third-order valence-electron chi connectivity index (χ3n) is 4.46. The Hall–Kier alpha value is -3.80. The topological polar surface area (TPSA) is 89.9 Å². The number of aryl methyl sites for hydroxylation is 1. The number of fused-ring (bicyclic) bond motifs is 1. The van der Waals surface area contributed by atoms with Crippen LogP contribution in [0.5, 0.6) is 5.75 Å². The normalized spacial score (nSPS) is 10.9. The molecule has 140 valence electrons. The van der Waals surface area contributed by atoms with Crippen LogP contribution in [0.4, 0.5) is 0 Å². The molecular weight excluding hydrogens is 360 g/mol. The molecule has 0 saturated carbocycles. The quantitative estimate of drug-likeness (QED) is 0.546. The molecule has 0 spiro atoms. The van der Waals surface area contributed by atoms with Crippen molar-refractivity contribution in [3.05, 3.63) is 88.2 Å². The van der Waals surface area contributed by atoms with Crippen molar-refractivity contribution in [2.24, 2.45) is 0 Å².